The Bertz CT molecular complexity index is 830. The number of imide groups is 1. The smallest absolute Gasteiger partial charge is 0.262 e. The average molecular weight is 363 g/mol. The molecular formula is C17H10Cl2NO4-. The molecule has 1 aliphatic rings. The highest BCUT2D eigenvalue weighted by Crippen LogP contribution is 2.37. The fraction of sp³-hybridized carbons (Fsp3) is 0.118. The van der Waals surface area contributed by atoms with Gasteiger partial charge >= 0.3 is 0 Å². The van der Waals surface area contributed by atoms with Crippen molar-refractivity contribution in [1.29, 1.82) is 0 Å². The zero-order valence-electron chi connectivity index (χ0n) is 12.2. The van der Waals surface area contributed by atoms with E-state index in [1.807, 2.05) is 0 Å². The van der Waals surface area contributed by atoms with E-state index in [0.717, 1.165) is 4.90 Å². The number of carbonyl (C=O) groups is 3. The topological polar surface area (TPSA) is 77.5 Å². The first-order valence-electron chi connectivity index (χ1n) is 7.02. The lowest BCUT2D eigenvalue weighted by Gasteiger charge is -2.27. The summed E-state index contributed by atoms with van der Waals surface area (Å²) < 4.78 is 0. The van der Waals surface area contributed by atoms with Crippen LogP contribution in [0.25, 0.3) is 0 Å². The van der Waals surface area contributed by atoms with Crippen molar-refractivity contribution in [1.82, 2.24) is 4.90 Å². The van der Waals surface area contributed by atoms with Gasteiger partial charge in [-0.05, 0) is 29.8 Å². The molecule has 0 aliphatic carbocycles. The molecule has 0 fully saturated rings. The maximum absolute atomic E-state index is 12.6. The van der Waals surface area contributed by atoms with E-state index < -0.39 is 30.2 Å². The van der Waals surface area contributed by atoms with Crippen molar-refractivity contribution >= 4 is 41.0 Å². The molecule has 0 N–H and O–H groups in total. The lowest BCUT2D eigenvalue weighted by Crippen LogP contribution is -2.38. The van der Waals surface area contributed by atoms with E-state index in [-0.39, 0.29) is 16.1 Å². The predicted molar refractivity (Wildman–Crippen MR) is 85.8 cm³/mol. The van der Waals surface area contributed by atoms with Crippen molar-refractivity contribution in [3.63, 3.8) is 0 Å². The number of benzene rings is 2. The van der Waals surface area contributed by atoms with Gasteiger partial charge in [0.15, 0.2) is 0 Å². The minimum atomic E-state index is -1.40. The third-order valence-corrected chi connectivity index (χ3v) is 4.38. The second kappa shape index (κ2) is 6.26. The normalized spacial score (nSPS) is 14.7. The standard InChI is InChI=1S/C17H11Cl2NO4/c18-9-5-6-12(13(19)7-9)14(8-15(21)22)20-16(23)10-3-1-2-4-11(10)17(20)24/h1-7,14H,8H2,(H,21,22)/p-1/t14-/m1/s1. The van der Waals surface area contributed by atoms with Gasteiger partial charge in [-0.25, -0.2) is 0 Å². The van der Waals surface area contributed by atoms with Crippen LogP contribution in [0.15, 0.2) is 42.5 Å². The molecule has 2 aromatic carbocycles. The molecule has 0 radical (unpaired) electrons. The summed E-state index contributed by atoms with van der Waals surface area (Å²) in [6.07, 6.45) is -0.563. The molecule has 0 saturated heterocycles. The van der Waals surface area contributed by atoms with Crippen LogP contribution in [0.4, 0.5) is 0 Å². The van der Waals surface area contributed by atoms with Crippen LogP contribution in [0, 0.1) is 0 Å². The Morgan fingerprint density at radius 2 is 1.62 bits per heavy atom. The van der Waals surface area contributed by atoms with Crippen LogP contribution in [0.5, 0.6) is 0 Å². The first-order chi connectivity index (χ1) is 11.4. The van der Waals surface area contributed by atoms with Crippen molar-refractivity contribution < 1.29 is 19.5 Å². The first kappa shape index (κ1) is 16.5. The van der Waals surface area contributed by atoms with E-state index in [1.165, 1.54) is 30.3 Å². The molecule has 1 atom stereocenters. The van der Waals surface area contributed by atoms with E-state index in [0.29, 0.717) is 10.6 Å². The third kappa shape index (κ3) is 2.77. The Labute approximate surface area is 147 Å². The molecule has 3 rings (SSSR count). The Kier molecular flexibility index (Phi) is 4.30. The number of hydrogen-bond acceptors (Lipinski definition) is 4. The summed E-state index contributed by atoms with van der Waals surface area (Å²) in [6, 6.07) is 9.69. The molecule has 1 heterocycles. The highest BCUT2D eigenvalue weighted by atomic mass is 35.5. The van der Waals surface area contributed by atoms with Crippen molar-refractivity contribution in [3.05, 3.63) is 69.2 Å². The van der Waals surface area contributed by atoms with Gasteiger partial charge in [0.2, 0.25) is 0 Å². The maximum atomic E-state index is 12.6. The Balaban J connectivity index is 2.09. The lowest BCUT2D eigenvalue weighted by atomic mass is 10.0. The minimum absolute atomic E-state index is 0.172. The predicted octanol–water partition coefficient (Wildman–Crippen LogP) is 2.47. The second-order valence-corrected chi connectivity index (χ2v) is 6.13. The van der Waals surface area contributed by atoms with Crippen molar-refractivity contribution in [3.8, 4) is 0 Å². The van der Waals surface area contributed by atoms with Gasteiger partial charge in [0, 0.05) is 22.4 Å². The molecule has 1 aliphatic heterocycles. The number of fused-ring (bicyclic) bond motifs is 1. The summed E-state index contributed by atoms with van der Waals surface area (Å²) in [5, 5.41) is 11.7. The highest BCUT2D eigenvalue weighted by Gasteiger charge is 2.40. The van der Waals surface area contributed by atoms with Crippen LogP contribution in [0.3, 0.4) is 0 Å². The third-order valence-electron chi connectivity index (χ3n) is 3.82. The van der Waals surface area contributed by atoms with Gasteiger partial charge in [-0.15, -0.1) is 0 Å². The van der Waals surface area contributed by atoms with Crippen LogP contribution in [0.2, 0.25) is 10.0 Å². The molecule has 0 saturated carbocycles. The van der Waals surface area contributed by atoms with Crippen LogP contribution in [0.1, 0.15) is 38.7 Å². The van der Waals surface area contributed by atoms with Crippen molar-refractivity contribution in [2.75, 3.05) is 0 Å². The Hall–Kier alpha value is -2.37. The number of rotatable bonds is 4. The number of amides is 2. The highest BCUT2D eigenvalue weighted by molar-refractivity contribution is 6.35. The van der Waals surface area contributed by atoms with Crippen LogP contribution >= 0.6 is 23.2 Å². The van der Waals surface area contributed by atoms with Gasteiger partial charge in [-0.3, -0.25) is 14.5 Å². The summed E-state index contributed by atoms with van der Waals surface area (Å²) in [5.74, 6) is -2.52. The van der Waals surface area contributed by atoms with Crippen molar-refractivity contribution in [2.45, 2.75) is 12.5 Å². The largest absolute Gasteiger partial charge is 0.550 e. The van der Waals surface area contributed by atoms with Gasteiger partial charge < -0.3 is 9.90 Å². The number of aliphatic carboxylic acids is 1. The number of hydrogen-bond donors (Lipinski definition) is 0. The van der Waals surface area contributed by atoms with Crippen LogP contribution in [-0.2, 0) is 4.79 Å². The van der Waals surface area contributed by atoms with Crippen LogP contribution < -0.4 is 5.11 Å². The maximum Gasteiger partial charge on any atom is 0.262 e. The summed E-state index contributed by atoms with van der Waals surface area (Å²) in [6.45, 7) is 0. The van der Waals surface area contributed by atoms with E-state index in [1.54, 1.807) is 12.1 Å². The lowest BCUT2D eigenvalue weighted by molar-refractivity contribution is -0.306. The van der Waals surface area contributed by atoms with E-state index >= 15 is 0 Å². The number of carboxylic acids is 1. The van der Waals surface area contributed by atoms with E-state index in [9.17, 15) is 19.5 Å². The number of carbonyl (C=O) groups excluding carboxylic acids is 3. The molecule has 2 amide bonds. The molecule has 24 heavy (non-hydrogen) atoms. The fourth-order valence-corrected chi connectivity index (χ4v) is 3.30. The Morgan fingerprint density at radius 1 is 1.04 bits per heavy atom. The summed E-state index contributed by atoms with van der Waals surface area (Å²) in [5.41, 5.74) is 0.784. The summed E-state index contributed by atoms with van der Waals surface area (Å²) >= 11 is 12.0. The SMILES string of the molecule is O=C([O-])C[C@H](c1ccc(Cl)cc1Cl)N1C(=O)c2ccccc2C1=O. The second-order valence-electron chi connectivity index (χ2n) is 5.28. The molecule has 0 aromatic heterocycles. The number of nitrogens with zero attached hydrogens (tertiary/aromatic N) is 1. The van der Waals surface area contributed by atoms with Crippen molar-refractivity contribution in [2.24, 2.45) is 0 Å². The van der Waals surface area contributed by atoms with E-state index in [4.69, 9.17) is 23.2 Å². The van der Waals surface area contributed by atoms with Gasteiger partial charge in [0.05, 0.1) is 17.2 Å². The fourth-order valence-electron chi connectivity index (χ4n) is 2.76. The van der Waals surface area contributed by atoms with Gasteiger partial charge in [0.25, 0.3) is 11.8 Å². The molecule has 122 valence electrons. The molecular weight excluding hydrogens is 353 g/mol. The first-order valence-corrected chi connectivity index (χ1v) is 7.77. The monoisotopic (exact) mass is 362 g/mol. The average Bonchev–Trinajstić information content (AvgIpc) is 2.77. The minimum Gasteiger partial charge on any atom is -0.550 e. The van der Waals surface area contributed by atoms with Gasteiger partial charge in [-0.2, -0.15) is 0 Å². The zero-order valence-corrected chi connectivity index (χ0v) is 13.7. The Morgan fingerprint density at radius 3 is 2.12 bits per heavy atom. The summed E-state index contributed by atoms with van der Waals surface area (Å²) in [4.78, 5) is 37.3. The van der Waals surface area contributed by atoms with Crippen LogP contribution in [-0.4, -0.2) is 22.7 Å². The quantitative estimate of drug-likeness (QED) is 0.782. The molecule has 0 spiro atoms. The number of halogens is 2. The van der Waals surface area contributed by atoms with E-state index in [2.05, 4.69) is 0 Å². The van der Waals surface area contributed by atoms with Gasteiger partial charge in [0.1, 0.15) is 0 Å². The van der Waals surface area contributed by atoms with Gasteiger partial charge in [-0.1, -0.05) is 41.4 Å². The number of carboxylic acid groups (broad SMARTS) is 1. The molecule has 7 heteroatoms. The molecule has 2 aromatic rings. The summed E-state index contributed by atoms with van der Waals surface area (Å²) in [7, 11) is 0. The molecule has 0 bridgehead atoms. The molecule has 5 nitrogen and oxygen atoms in total. The molecule has 0 unspecified atom stereocenters. The zero-order chi connectivity index (χ0) is 17.4.